The lowest BCUT2D eigenvalue weighted by atomic mass is 10.0. The quantitative estimate of drug-likeness (QED) is 0.0382. The Morgan fingerprint density at radius 3 is 1.04 bits per heavy atom. The van der Waals surface area contributed by atoms with Gasteiger partial charge in [0.1, 0.15) is 0 Å². The standard InChI is InChI=1S/C50H92O4/c1-2-3-4-5-6-7-8-9-25-29-32-35-38-41-44-47-50(53)54-48-45-42-39-36-33-30-27-24-22-20-18-16-14-12-10-11-13-15-17-19-21-23-26-28-31-34-37-40-43-46-49(51)52/h3-4,6-7,9,25H,2,5,8,10-24,26-48H2,1H3,(H,51,52)/b4-3-,7-6-,25-9-. The zero-order valence-corrected chi connectivity index (χ0v) is 36.1. The number of hydrogen-bond acceptors (Lipinski definition) is 3. The predicted octanol–water partition coefficient (Wildman–Crippen LogP) is 16.9. The molecule has 0 fully saturated rings. The van der Waals surface area contributed by atoms with E-state index in [1.54, 1.807) is 0 Å². The molecule has 0 atom stereocenters. The smallest absolute Gasteiger partial charge is 0.305 e. The van der Waals surface area contributed by atoms with Gasteiger partial charge in [-0.1, -0.05) is 236 Å². The van der Waals surface area contributed by atoms with E-state index in [1.807, 2.05) is 0 Å². The number of esters is 1. The van der Waals surface area contributed by atoms with Gasteiger partial charge in [0, 0.05) is 12.8 Å². The molecule has 0 radical (unpaired) electrons. The van der Waals surface area contributed by atoms with E-state index in [-0.39, 0.29) is 5.97 Å². The molecule has 0 aliphatic carbocycles. The minimum absolute atomic E-state index is 0.00312. The normalized spacial score (nSPS) is 11.9. The van der Waals surface area contributed by atoms with E-state index in [0.717, 1.165) is 51.4 Å². The molecule has 0 unspecified atom stereocenters. The number of aliphatic carboxylic acids is 1. The van der Waals surface area contributed by atoms with Gasteiger partial charge in [0.05, 0.1) is 6.61 Å². The van der Waals surface area contributed by atoms with E-state index in [9.17, 15) is 9.59 Å². The van der Waals surface area contributed by atoms with Crippen molar-refractivity contribution in [2.24, 2.45) is 0 Å². The highest BCUT2D eigenvalue weighted by Gasteiger charge is 2.03. The maximum atomic E-state index is 12.0. The number of carboxylic acids is 1. The summed E-state index contributed by atoms with van der Waals surface area (Å²) in [5.74, 6) is -0.651. The Morgan fingerprint density at radius 2 is 0.667 bits per heavy atom. The van der Waals surface area contributed by atoms with Crippen molar-refractivity contribution in [2.75, 3.05) is 6.61 Å². The zero-order chi connectivity index (χ0) is 39.1. The molecule has 0 rings (SSSR count). The summed E-state index contributed by atoms with van der Waals surface area (Å²) in [6, 6.07) is 0. The minimum atomic E-state index is -0.654. The van der Waals surface area contributed by atoms with Crippen LogP contribution in [0.15, 0.2) is 36.5 Å². The number of carboxylic acid groups (broad SMARTS) is 1. The molecule has 0 bridgehead atoms. The van der Waals surface area contributed by atoms with Gasteiger partial charge in [-0.05, 0) is 51.4 Å². The summed E-state index contributed by atoms with van der Waals surface area (Å²) in [5.41, 5.74) is 0. The maximum Gasteiger partial charge on any atom is 0.305 e. The van der Waals surface area contributed by atoms with Gasteiger partial charge in [0.25, 0.3) is 0 Å². The van der Waals surface area contributed by atoms with Crippen LogP contribution in [0.1, 0.15) is 264 Å². The molecule has 1 N–H and O–H groups in total. The van der Waals surface area contributed by atoms with Crippen LogP contribution < -0.4 is 0 Å². The lowest BCUT2D eigenvalue weighted by Gasteiger charge is -2.06. The first kappa shape index (κ1) is 52.2. The van der Waals surface area contributed by atoms with Crippen LogP contribution in [0.2, 0.25) is 0 Å². The van der Waals surface area contributed by atoms with Crippen LogP contribution in [0, 0.1) is 0 Å². The molecule has 0 aliphatic heterocycles. The summed E-state index contributed by atoms with van der Waals surface area (Å²) in [6.45, 7) is 2.78. The zero-order valence-electron chi connectivity index (χ0n) is 36.1. The number of ether oxygens (including phenoxy) is 1. The molecule has 0 saturated carbocycles. The predicted molar refractivity (Wildman–Crippen MR) is 236 cm³/mol. The third-order valence-corrected chi connectivity index (χ3v) is 10.8. The average Bonchev–Trinajstić information content (AvgIpc) is 3.16. The third kappa shape index (κ3) is 48.2. The van der Waals surface area contributed by atoms with Crippen LogP contribution >= 0.6 is 0 Å². The highest BCUT2D eigenvalue weighted by Crippen LogP contribution is 2.17. The summed E-state index contributed by atoms with van der Waals surface area (Å²) in [4.78, 5) is 22.5. The van der Waals surface area contributed by atoms with Gasteiger partial charge in [0.15, 0.2) is 0 Å². The van der Waals surface area contributed by atoms with Crippen molar-refractivity contribution in [1.82, 2.24) is 0 Å². The molecule has 0 amide bonds. The number of hydrogen-bond donors (Lipinski definition) is 1. The highest BCUT2D eigenvalue weighted by molar-refractivity contribution is 5.69. The maximum absolute atomic E-state index is 12.0. The topological polar surface area (TPSA) is 63.6 Å². The Hall–Kier alpha value is -1.84. The summed E-state index contributed by atoms with van der Waals surface area (Å²) in [7, 11) is 0. The Morgan fingerprint density at radius 1 is 0.370 bits per heavy atom. The van der Waals surface area contributed by atoms with Crippen molar-refractivity contribution >= 4 is 11.9 Å². The SMILES string of the molecule is CC/C=C\C/C=C\C/C=C\CCCCCCCC(=O)OCCCCCCCCCCCCCCCCCCCCCCCCCCCCCCCC(=O)O. The Balaban J connectivity index is 3.18. The monoisotopic (exact) mass is 757 g/mol. The van der Waals surface area contributed by atoms with E-state index in [1.165, 1.54) is 193 Å². The van der Waals surface area contributed by atoms with Gasteiger partial charge in [-0.25, -0.2) is 0 Å². The fourth-order valence-corrected chi connectivity index (χ4v) is 7.30. The molecule has 0 saturated heterocycles. The molecule has 0 aliphatic rings. The Labute approximate surface area is 337 Å². The first-order valence-corrected chi connectivity index (χ1v) is 24.0. The molecular weight excluding hydrogens is 665 g/mol. The average molecular weight is 757 g/mol. The summed E-state index contributed by atoms with van der Waals surface area (Å²) in [6.07, 6.45) is 63.6. The number of carbonyl (C=O) groups excluding carboxylic acids is 1. The largest absolute Gasteiger partial charge is 0.481 e. The number of unbranched alkanes of at least 4 members (excludes halogenated alkanes) is 33. The van der Waals surface area contributed by atoms with E-state index in [2.05, 4.69) is 43.4 Å². The molecule has 0 heterocycles. The minimum Gasteiger partial charge on any atom is -0.481 e. The van der Waals surface area contributed by atoms with Gasteiger partial charge in [-0.15, -0.1) is 0 Å². The van der Waals surface area contributed by atoms with Crippen LogP contribution in [0.25, 0.3) is 0 Å². The van der Waals surface area contributed by atoms with E-state index >= 15 is 0 Å². The van der Waals surface area contributed by atoms with Crippen LogP contribution in [-0.4, -0.2) is 23.7 Å². The highest BCUT2D eigenvalue weighted by atomic mass is 16.5. The van der Waals surface area contributed by atoms with Crippen molar-refractivity contribution in [3.8, 4) is 0 Å². The fourth-order valence-electron chi connectivity index (χ4n) is 7.30. The summed E-state index contributed by atoms with van der Waals surface area (Å²) in [5, 5.41) is 8.66. The molecular formula is C50H92O4. The van der Waals surface area contributed by atoms with Gasteiger partial charge in [0.2, 0.25) is 0 Å². The van der Waals surface area contributed by atoms with Crippen molar-refractivity contribution < 1.29 is 19.4 Å². The second kappa shape index (κ2) is 47.3. The Bertz CT molecular complexity index is 844. The van der Waals surface area contributed by atoms with Crippen LogP contribution in [0.5, 0.6) is 0 Å². The van der Waals surface area contributed by atoms with Crippen molar-refractivity contribution in [3.63, 3.8) is 0 Å². The fraction of sp³-hybridized carbons (Fsp3) is 0.840. The molecule has 0 spiro atoms. The van der Waals surface area contributed by atoms with E-state index in [4.69, 9.17) is 9.84 Å². The third-order valence-electron chi connectivity index (χ3n) is 10.8. The molecule has 0 aromatic carbocycles. The van der Waals surface area contributed by atoms with Crippen molar-refractivity contribution in [1.29, 1.82) is 0 Å². The number of carbonyl (C=O) groups is 2. The molecule has 54 heavy (non-hydrogen) atoms. The van der Waals surface area contributed by atoms with Crippen LogP contribution in [0.3, 0.4) is 0 Å². The van der Waals surface area contributed by atoms with Gasteiger partial charge in [-0.2, -0.15) is 0 Å². The van der Waals surface area contributed by atoms with Gasteiger partial charge < -0.3 is 9.84 Å². The van der Waals surface area contributed by atoms with E-state index < -0.39 is 5.97 Å². The first-order valence-electron chi connectivity index (χ1n) is 24.0. The summed E-state index contributed by atoms with van der Waals surface area (Å²) >= 11 is 0. The van der Waals surface area contributed by atoms with Crippen molar-refractivity contribution in [3.05, 3.63) is 36.5 Å². The number of allylic oxidation sites excluding steroid dienone is 6. The number of rotatable bonds is 45. The lowest BCUT2D eigenvalue weighted by molar-refractivity contribution is -0.144. The molecule has 4 nitrogen and oxygen atoms in total. The van der Waals surface area contributed by atoms with Gasteiger partial charge >= 0.3 is 11.9 Å². The van der Waals surface area contributed by atoms with Crippen LogP contribution in [-0.2, 0) is 14.3 Å². The molecule has 316 valence electrons. The van der Waals surface area contributed by atoms with Gasteiger partial charge in [-0.3, -0.25) is 9.59 Å². The second-order valence-electron chi connectivity index (χ2n) is 16.2. The van der Waals surface area contributed by atoms with Crippen LogP contribution in [0.4, 0.5) is 0 Å². The molecule has 0 aromatic heterocycles. The molecule has 0 aromatic rings. The second-order valence-corrected chi connectivity index (χ2v) is 16.2. The first-order chi connectivity index (χ1) is 26.7. The van der Waals surface area contributed by atoms with E-state index in [0.29, 0.717) is 19.4 Å². The lowest BCUT2D eigenvalue weighted by Crippen LogP contribution is -2.05. The van der Waals surface area contributed by atoms with Crippen molar-refractivity contribution in [2.45, 2.75) is 264 Å². The summed E-state index contributed by atoms with van der Waals surface area (Å²) < 4.78 is 5.46. The Kier molecular flexibility index (Phi) is 45.7. The molecule has 4 heteroatoms.